The lowest BCUT2D eigenvalue weighted by Gasteiger charge is -2.32. The highest BCUT2D eigenvalue weighted by Gasteiger charge is 2.20. The molecule has 1 heterocycles. The van der Waals surface area contributed by atoms with Gasteiger partial charge in [-0.1, -0.05) is 26.0 Å². The van der Waals surface area contributed by atoms with Crippen molar-refractivity contribution in [3.8, 4) is 0 Å². The fourth-order valence-corrected chi connectivity index (χ4v) is 2.52. The van der Waals surface area contributed by atoms with E-state index in [0.717, 1.165) is 19.4 Å². The maximum atomic E-state index is 11.9. The molecule has 0 aliphatic carbocycles. The van der Waals surface area contributed by atoms with Gasteiger partial charge in [-0.25, -0.2) is 0 Å². The van der Waals surface area contributed by atoms with E-state index in [-0.39, 0.29) is 5.91 Å². The summed E-state index contributed by atoms with van der Waals surface area (Å²) in [4.78, 5) is 15.8. The summed E-state index contributed by atoms with van der Waals surface area (Å²) >= 11 is 0. The molecule has 0 atom stereocenters. The van der Waals surface area contributed by atoms with Crippen LogP contribution in [0.15, 0.2) is 18.2 Å². The SMILES string of the molecule is CC(C)c1ccc2c(c1)CCCN2CC(=O)N(C)C. The summed E-state index contributed by atoms with van der Waals surface area (Å²) in [5.74, 6) is 0.727. The van der Waals surface area contributed by atoms with Crippen LogP contribution in [0, 0.1) is 0 Å². The van der Waals surface area contributed by atoms with Gasteiger partial charge in [-0.2, -0.15) is 0 Å². The van der Waals surface area contributed by atoms with E-state index in [1.54, 1.807) is 4.90 Å². The highest BCUT2D eigenvalue weighted by molar-refractivity contribution is 5.81. The van der Waals surface area contributed by atoms with Crippen LogP contribution in [0.25, 0.3) is 0 Å². The van der Waals surface area contributed by atoms with Gasteiger partial charge in [0.15, 0.2) is 0 Å². The molecule has 0 aromatic heterocycles. The molecule has 0 radical (unpaired) electrons. The van der Waals surface area contributed by atoms with Crippen molar-refractivity contribution < 1.29 is 4.79 Å². The molecule has 2 rings (SSSR count). The number of likely N-dealkylation sites (N-methyl/N-ethyl adjacent to an activating group) is 1. The van der Waals surface area contributed by atoms with Crippen molar-refractivity contribution in [1.82, 2.24) is 4.90 Å². The molecule has 0 unspecified atom stereocenters. The Morgan fingerprint density at radius 1 is 1.37 bits per heavy atom. The van der Waals surface area contributed by atoms with Crippen molar-refractivity contribution in [3.63, 3.8) is 0 Å². The smallest absolute Gasteiger partial charge is 0.241 e. The molecule has 0 saturated carbocycles. The first kappa shape index (κ1) is 13.9. The minimum Gasteiger partial charge on any atom is -0.362 e. The Balaban J connectivity index is 2.22. The van der Waals surface area contributed by atoms with E-state index >= 15 is 0 Å². The zero-order chi connectivity index (χ0) is 14.0. The number of nitrogens with zero attached hydrogens (tertiary/aromatic N) is 2. The van der Waals surface area contributed by atoms with Crippen molar-refractivity contribution in [2.75, 3.05) is 32.1 Å². The molecule has 0 bridgehead atoms. The predicted molar refractivity (Wildman–Crippen MR) is 79.8 cm³/mol. The van der Waals surface area contributed by atoms with Crippen molar-refractivity contribution in [1.29, 1.82) is 0 Å². The predicted octanol–water partition coefficient (Wildman–Crippen LogP) is 2.65. The standard InChI is InChI=1S/C16H24N2O/c1-12(2)13-7-8-15-14(10-13)6-5-9-18(15)11-16(19)17(3)4/h7-8,10,12H,5-6,9,11H2,1-4H3. The molecule has 3 nitrogen and oxygen atoms in total. The Labute approximate surface area is 116 Å². The van der Waals surface area contributed by atoms with Crippen LogP contribution in [0.3, 0.4) is 0 Å². The number of carbonyl (C=O) groups is 1. The van der Waals surface area contributed by atoms with Gasteiger partial charge in [-0.05, 0) is 36.0 Å². The van der Waals surface area contributed by atoms with Gasteiger partial charge in [0.05, 0.1) is 6.54 Å². The van der Waals surface area contributed by atoms with E-state index in [0.29, 0.717) is 12.5 Å². The first-order chi connectivity index (χ1) is 8.99. The van der Waals surface area contributed by atoms with E-state index in [1.165, 1.54) is 16.8 Å². The average molecular weight is 260 g/mol. The Morgan fingerprint density at radius 3 is 2.74 bits per heavy atom. The summed E-state index contributed by atoms with van der Waals surface area (Å²) in [6.45, 7) is 5.91. The van der Waals surface area contributed by atoms with Crippen LogP contribution in [-0.2, 0) is 11.2 Å². The minimum atomic E-state index is 0.167. The number of hydrogen-bond acceptors (Lipinski definition) is 2. The van der Waals surface area contributed by atoms with Gasteiger partial charge in [0.1, 0.15) is 0 Å². The van der Waals surface area contributed by atoms with Crippen LogP contribution in [0.4, 0.5) is 5.69 Å². The van der Waals surface area contributed by atoms with Crippen molar-refractivity contribution in [2.45, 2.75) is 32.6 Å². The quantitative estimate of drug-likeness (QED) is 0.834. The van der Waals surface area contributed by atoms with Gasteiger partial charge < -0.3 is 9.80 Å². The molecule has 1 amide bonds. The van der Waals surface area contributed by atoms with Crippen molar-refractivity contribution in [3.05, 3.63) is 29.3 Å². The van der Waals surface area contributed by atoms with Gasteiger partial charge >= 0.3 is 0 Å². The highest BCUT2D eigenvalue weighted by Crippen LogP contribution is 2.30. The summed E-state index contributed by atoms with van der Waals surface area (Å²) in [6, 6.07) is 6.70. The Hall–Kier alpha value is -1.51. The Morgan fingerprint density at radius 2 is 2.11 bits per heavy atom. The second kappa shape index (κ2) is 5.64. The lowest BCUT2D eigenvalue weighted by atomic mass is 9.95. The third kappa shape index (κ3) is 3.09. The second-order valence-electron chi connectivity index (χ2n) is 5.86. The number of carbonyl (C=O) groups excluding carboxylic acids is 1. The van der Waals surface area contributed by atoms with E-state index < -0.39 is 0 Å². The molecule has 19 heavy (non-hydrogen) atoms. The number of benzene rings is 1. The second-order valence-corrected chi connectivity index (χ2v) is 5.86. The van der Waals surface area contributed by atoms with Gasteiger partial charge in [0.25, 0.3) is 0 Å². The van der Waals surface area contributed by atoms with Crippen LogP contribution in [0.2, 0.25) is 0 Å². The molecule has 104 valence electrons. The number of aryl methyl sites for hydroxylation is 1. The molecule has 3 heteroatoms. The van der Waals surface area contributed by atoms with E-state index in [9.17, 15) is 4.79 Å². The number of rotatable bonds is 3. The molecule has 1 aromatic rings. The van der Waals surface area contributed by atoms with Crippen LogP contribution < -0.4 is 4.90 Å². The van der Waals surface area contributed by atoms with Gasteiger partial charge in [-0.15, -0.1) is 0 Å². The summed E-state index contributed by atoms with van der Waals surface area (Å²) in [6.07, 6.45) is 2.26. The largest absolute Gasteiger partial charge is 0.362 e. The molecule has 0 saturated heterocycles. The monoisotopic (exact) mass is 260 g/mol. The molecular formula is C16H24N2O. The fraction of sp³-hybridized carbons (Fsp3) is 0.562. The number of fused-ring (bicyclic) bond motifs is 1. The number of hydrogen-bond donors (Lipinski definition) is 0. The van der Waals surface area contributed by atoms with Gasteiger partial charge in [0, 0.05) is 26.3 Å². The zero-order valence-corrected chi connectivity index (χ0v) is 12.4. The summed E-state index contributed by atoms with van der Waals surface area (Å²) in [5, 5.41) is 0. The average Bonchev–Trinajstić information content (AvgIpc) is 2.38. The summed E-state index contributed by atoms with van der Waals surface area (Å²) in [5.41, 5.74) is 4.02. The molecule has 0 fully saturated rings. The van der Waals surface area contributed by atoms with Crippen LogP contribution in [0.5, 0.6) is 0 Å². The number of anilines is 1. The molecule has 0 spiro atoms. The van der Waals surface area contributed by atoms with Crippen LogP contribution in [-0.4, -0.2) is 38.0 Å². The highest BCUT2D eigenvalue weighted by atomic mass is 16.2. The maximum Gasteiger partial charge on any atom is 0.241 e. The zero-order valence-electron chi connectivity index (χ0n) is 12.4. The minimum absolute atomic E-state index is 0.167. The molecule has 1 aromatic carbocycles. The first-order valence-corrected chi connectivity index (χ1v) is 7.07. The lowest BCUT2D eigenvalue weighted by Crippen LogP contribution is -2.39. The molecule has 1 aliphatic rings. The van der Waals surface area contributed by atoms with E-state index in [2.05, 4.69) is 36.9 Å². The normalized spacial score (nSPS) is 14.5. The van der Waals surface area contributed by atoms with Crippen LogP contribution >= 0.6 is 0 Å². The molecular weight excluding hydrogens is 236 g/mol. The van der Waals surface area contributed by atoms with E-state index in [4.69, 9.17) is 0 Å². The maximum absolute atomic E-state index is 11.9. The van der Waals surface area contributed by atoms with Crippen molar-refractivity contribution in [2.24, 2.45) is 0 Å². The van der Waals surface area contributed by atoms with Gasteiger partial charge in [-0.3, -0.25) is 4.79 Å². The number of amides is 1. The first-order valence-electron chi connectivity index (χ1n) is 7.07. The summed E-state index contributed by atoms with van der Waals surface area (Å²) < 4.78 is 0. The summed E-state index contributed by atoms with van der Waals surface area (Å²) in [7, 11) is 3.63. The van der Waals surface area contributed by atoms with Crippen LogP contribution in [0.1, 0.15) is 37.3 Å². The van der Waals surface area contributed by atoms with Gasteiger partial charge in [0.2, 0.25) is 5.91 Å². The third-order valence-corrected chi connectivity index (χ3v) is 3.81. The van der Waals surface area contributed by atoms with Crippen molar-refractivity contribution >= 4 is 11.6 Å². The topological polar surface area (TPSA) is 23.6 Å². The fourth-order valence-electron chi connectivity index (χ4n) is 2.52. The third-order valence-electron chi connectivity index (χ3n) is 3.81. The van der Waals surface area contributed by atoms with E-state index in [1.807, 2.05) is 14.1 Å². The Kier molecular flexibility index (Phi) is 4.13. The lowest BCUT2D eigenvalue weighted by molar-refractivity contribution is -0.127. The molecule has 0 N–H and O–H groups in total. The Bertz CT molecular complexity index is 466. The molecule has 1 aliphatic heterocycles.